The first kappa shape index (κ1) is 7.15. The topological polar surface area (TPSA) is 17.5 Å². The van der Waals surface area contributed by atoms with Crippen molar-refractivity contribution in [3.05, 3.63) is 36.0 Å². The minimum Gasteiger partial charge on any atom is -0.368 e. The highest BCUT2D eigenvalue weighted by molar-refractivity contribution is 5.80. The van der Waals surface area contributed by atoms with Crippen LogP contribution in [0.3, 0.4) is 0 Å². The highest BCUT2D eigenvalue weighted by atomic mass is 16.6. The van der Waals surface area contributed by atoms with Crippen LogP contribution in [0, 0.1) is 0 Å². The molecule has 1 saturated heterocycles. The maximum atomic E-state index is 5.25. The number of ether oxygens (including phenoxy) is 1. The number of epoxide rings is 1. The lowest BCUT2D eigenvalue weighted by molar-refractivity contribution is 0.416. The fourth-order valence-electron chi connectivity index (χ4n) is 1.72. The van der Waals surface area contributed by atoms with Gasteiger partial charge in [0.1, 0.15) is 6.10 Å². The van der Waals surface area contributed by atoms with Crippen molar-refractivity contribution in [2.75, 3.05) is 6.61 Å². The first-order chi connectivity index (χ1) is 6.34. The molecule has 2 heterocycles. The molecule has 1 fully saturated rings. The lowest BCUT2D eigenvalue weighted by Gasteiger charge is -1.99. The van der Waals surface area contributed by atoms with Crippen molar-refractivity contribution < 1.29 is 4.74 Å². The molecule has 3 rings (SSSR count). The predicted molar refractivity (Wildman–Crippen MR) is 51.6 cm³/mol. The summed E-state index contributed by atoms with van der Waals surface area (Å²) in [6.07, 6.45) is 2.45. The third-order valence-corrected chi connectivity index (χ3v) is 2.62. The smallest absolute Gasteiger partial charge is 0.106 e. The molecule has 0 spiro atoms. The first-order valence-corrected chi connectivity index (χ1v) is 4.51. The summed E-state index contributed by atoms with van der Waals surface area (Å²) < 4.78 is 7.39. The zero-order valence-corrected chi connectivity index (χ0v) is 7.53. The van der Waals surface area contributed by atoms with Gasteiger partial charge in [-0.2, -0.15) is 0 Å². The van der Waals surface area contributed by atoms with E-state index in [0.29, 0.717) is 6.10 Å². The van der Waals surface area contributed by atoms with Gasteiger partial charge in [-0.3, -0.25) is 0 Å². The molecule has 0 N–H and O–H groups in total. The second-order valence-electron chi connectivity index (χ2n) is 3.57. The van der Waals surface area contributed by atoms with Crippen LogP contribution in [-0.2, 0) is 11.8 Å². The quantitative estimate of drug-likeness (QED) is 0.604. The molecule has 0 bridgehead atoms. The third kappa shape index (κ3) is 1.06. The SMILES string of the molecule is Cn1ccc2ccc([C@H]3CO3)cc21. The number of hydrogen-bond acceptors (Lipinski definition) is 1. The lowest BCUT2D eigenvalue weighted by atomic mass is 10.1. The van der Waals surface area contributed by atoms with Crippen LogP contribution in [0.4, 0.5) is 0 Å². The molecule has 0 radical (unpaired) electrons. The number of aromatic nitrogens is 1. The molecule has 2 heteroatoms. The van der Waals surface area contributed by atoms with Crippen LogP contribution < -0.4 is 0 Å². The van der Waals surface area contributed by atoms with Gasteiger partial charge in [0.15, 0.2) is 0 Å². The molecule has 1 aromatic carbocycles. The Labute approximate surface area is 76.7 Å². The summed E-state index contributed by atoms with van der Waals surface area (Å²) in [5, 5.41) is 1.30. The number of nitrogens with zero attached hydrogens (tertiary/aromatic N) is 1. The Balaban J connectivity index is 2.24. The fourth-order valence-corrected chi connectivity index (χ4v) is 1.72. The van der Waals surface area contributed by atoms with Gasteiger partial charge in [0.2, 0.25) is 0 Å². The van der Waals surface area contributed by atoms with Crippen molar-refractivity contribution >= 4 is 10.9 Å². The van der Waals surface area contributed by atoms with Gasteiger partial charge in [0.25, 0.3) is 0 Å². The third-order valence-electron chi connectivity index (χ3n) is 2.62. The average Bonchev–Trinajstić information content (AvgIpc) is 2.93. The lowest BCUT2D eigenvalue weighted by Crippen LogP contribution is -1.86. The van der Waals surface area contributed by atoms with Crippen molar-refractivity contribution in [2.24, 2.45) is 7.05 Å². The molecular formula is C11H11NO. The minimum atomic E-state index is 0.360. The predicted octanol–water partition coefficient (Wildman–Crippen LogP) is 2.25. The molecule has 1 aliphatic heterocycles. The van der Waals surface area contributed by atoms with Crippen molar-refractivity contribution in [3.8, 4) is 0 Å². The Morgan fingerprint density at radius 1 is 1.38 bits per heavy atom. The van der Waals surface area contributed by atoms with E-state index in [1.165, 1.54) is 16.5 Å². The van der Waals surface area contributed by atoms with Gasteiger partial charge >= 0.3 is 0 Å². The fraction of sp³-hybridized carbons (Fsp3) is 0.273. The van der Waals surface area contributed by atoms with Crippen LogP contribution in [0.2, 0.25) is 0 Å². The average molecular weight is 173 g/mol. The molecule has 2 aromatic rings. The number of fused-ring (bicyclic) bond motifs is 1. The van der Waals surface area contributed by atoms with Gasteiger partial charge in [0.05, 0.1) is 6.61 Å². The maximum absolute atomic E-state index is 5.25. The zero-order valence-electron chi connectivity index (χ0n) is 7.53. The largest absolute Gasteiger partial charge is 0.368 e. The highest BCUT2D eigenvalue weighted by Crippen LogP contribution is 2.31. The molecule has 1 aromatic heterocycles. The van der Waals surface area contributed by atoms with Gasteiger partial charge in [-0.05, 0) is 23.1 Å². The first-order valence-electron chi connectivity index (χ1n) is 4.51. The molecule has 1 atom stereocenters. The second-order valence-corrected chi connectivity index (χ2v) is 3.57. The second kappa shape index (κ2) is 2.36. The number of rotatable bonds is 1. The highest BCUT2D eigenvalue weighted by Gasteiger charge is 2.24. The Morgan fingerprint density at radius 3 is 3.00 bits per heavy atom. The standard InChI is InChI=1S/C11H11NO/c1-12-5-4-8-2-3-9(6-10(8)12)11-7-13-11/h2-6,11H,7H2,1H3/t11-/m1/s1. The maximum Gasteiger partial charge on any atom is 0.106 e. The van der Waals surface area contributed by atoms with Crippen molar-refractivity contribution in [2.45, 2.75) is 6.10 Å². The molecule has 0 amide bonds. The van der Waals surface area contributed by atoms with E-state index in [2.05, 4.69) is 42.1 Å². The van der Waals surface area contributed by atoms with Crippen LogP contribution in [0.1, 0.15) is 11.7 Å². The summed E-state index contributed by atoms with van der Waals surface area (Å²) in [5.74, 6) is 0. The molecule has 0 saturated carbocycles. The van der Waals surface area contributed by atoms with E-state index in [1.807, 2.05) is 0 Å². The number of aryl methyl sites for hydroxylation is 1. The van der Waals surface area contributed by atoms with Crippen molar-refractivity contribution in [1.29, 1.82) is 0 Å². The molecule has 0 aliphatic carbocycles. The van der Waals surface area contributed by atoms with Gasteiger partial charge in [-0.15, -0.1) is 0 Å². The van der Waals surface area contributed by atoms with Crippen LogP contribution in [-0.4, -0.2) is 11.2 Å². The Bertz CT molecular complexity index is 454. The van der Waals surface area contributed by atoms with E-state index in [0.717, 1.165) is 6.61 Å². The van der Waals surface area contributed by atoms with Crippen molar-refractivity contribution in [3.63, 3.8) is 0 Å². The van der Waals surface area contributed by atoms with Crippen LogP contribution >= 0.6 is 0 Å². The summed E-state index contributed by atoms with van der Waals surface area (Å²) in [7, 11) is 2.07. The molecule has 66 valence electrons. The number of hydrogen-bond donors (Lipinski definition) is 0. The number of benzene rings is 1. The summed E-state index contributed by atoms with van der Waals surface area (Å²) >= 11 is 0. The van der Waals surface area contributed by atoms with Crippen LogP contribution in [0.25, 0.3) is 10.9 Å². The van der Waals surface area contributed by atoms with E-state index < -0.39 is 0 Å². The monoisotopic (exact) mass is 173 g/mol. The van der Waals surface area contributed by atoms with E-state index in [-0.39, 0.29) is 0 Å². The Kier molecular flexibility index (Phi) is 1.30. The summed E-state index contributed by atoms with van der Waals surface area (Å²) in [6.45, 7) is 0.885. The molecule has 2 nitrogen and oxygen atoms in total. The van der Waals surface area contributed by atoms with E-state index in [1.54, 1.807) is 0 Å². The van der Waals surface area contributed by atoms with E-state index in [9.17, 15) is 0 Å². The van der Waals surface area contributed by atoms with E-state index in [4.69, 9.17) is 4.74 Å². The van der Waals surface area contributed by atoms with Gasteiger partial charge in [0, 0.05) is 18.8 Å². The van der Waals surface area contributed by atoms with Crippen LogP contribution in [0.15, 0.2) is 30.5 Å². The summed E-state index contributed by atoms with van der Waals surface area (Å²) in [6, 6.07) is 8.66. The minimum absolute atomic E-state index is 0.360. The summed E-state index contributed by atoms with van der Waals surface area (Å²) in [4.78, 5) is 0. The van der Waals surface area contributed by atoms with Crippen molar-refractivity contribution in [1.82, 2.24) is 4.57 Å². The van der Waals surface area contributed by atoms with Gasteiger partial charge < -0.3 is 9.30 Å². The van der Waals surface area contributed by atoms with E-state index >= 15 is 0 Å². The summed E-state index contributed by atoms with van der Waals surface area (Å²) in [5.41, 5.74) is 2.59. The Hall–Kier alpha value is -1.28. The normalized spacial score (nSPS) is 20.8. The van der Waals surface area contributed by atoms with Gasteiger partial charge in [-0.1, -0.05) is 12.1 Å². The van der Waals surface area contributed by atoms with Crippen LogP contribution in [0.5, 0.6) is 0 Å². The molecule has 13 heavy (non-hydrogen) atoms. The zero-order chi connectivity index (χ0) is 8.84. The molecule has 1 aliphatic rings. The van der Waals surface area contributed by atoms with Gasteiger partial charge in [-0.25, -0.2) is 0 Å². The molecular weight excluding hydrogens is 162 g/mol. The molecule has 0 unspecified atom stereocenters. The Morgan fingerprint density at radius 2 is 2.23 bits per heavy atom.